The van der Waals surface area contributed by atoms with Gasteiger partial charge in [-0.05, 0) is 17.5 Å². The molecule has 1 rings (SSSR count). The molecule has 3 nitrogen and oxygen atoms in total. The highest BCUT2D eigenvalue weighted by atomic mass is 32.1. The number of thiophene rings is 1. The minimum Gasteiger partial charge on any atom is -0.383 e. The molecular formula is C11H15NO2S. The van der Waals surface area contributed by atoms with Crippen molar-refractivity contribution in [3.05, 3.63) is 35.0 Å². The van der Waals surface area contributed by atoms with Crippen LogP contribution in [0.15, 0.2) is 30.2 Å². The van der Waals surface area contributed by atoms with Crippen LogP contribution in [-0.4, -0.2) is 31.1 Å². The molecule has 82 valence electrons. The van der Waals surface area contributed by atoms with Gasteiger partial charge in [-0.15, -0.1) is 11.3 Å². The predicted octanol–water partition coefficient (Wildman–Crippen LogP) is 1.91. The van der Waals surface area contributed by atoms with E-state index in [4.69, 9.17) is 4.74 Å². The van der Waals surface area contributed by atoms with Crippen molar-refractivity contribution in [3.8, 4) is 0 Å². The average molecular weight is 225 g/mol. The normalized spacial score (nSPS) is 9.93. The molecule has 4 heteroatoms. The summed E-state index contributed by atoms with van der Waals surface area (Å²) in [6.07, 6.45) is 1.34. The van der Waals surface area contributed by atoms with E-state index < -0.39 is 0 Å². The van der Waals surface area contributed by atoms with Gasteiger partial charge in [0.1, 0.15) is 0 Å². The smallest absolute Gasteiger partial charge is 0.246 e. The van der Waals surface area contributed by atoms with Gasteiger partial charge in [-0.1, -0.05) is 12.6 Å². The topological polar surface area (TPSA) is 29.5 Å². The lowest BCUT2D eigenvalue weighted by atomic mass is 10.4. The van der Waals surface area contributed by atoms with Crippen LogP contribution in [0, 0.1) is 0 Å². The second kappa shape index (κ2) is 6.37. The Morgan fingerprint density at radius 3 is 3.07 bits per heavy atom. The van der Waals surface area contributed by atoms with Crippen LogP contribution < -0.4 is 0 Å². The summed E-state index contributed by atoms with van der Waals surface area (Å²) in [6, 6.07) is 3.99. The molecule has 1 aromatic heterocycles. The third kappa shape index (κ3) is 3.85. The van der Waals surface area contributed by atoms with Gasteiger partial charge < -0.3 is 9.64 Å². The van der Waals surface area contributed by atoms with Gasteiger partial charge >= 0.3 is 0 Å². The van der Waals surface area contributed by atoms with Gasteiger partial charge in [0.15, 0.2) is 0 Å². The van der Waals surface area contributed by atoms with Crippen LogP contribution >= 0.6 is 11.3 Å². The van der Waals surface area contributed by atoms with Crippen molar-refractivity contribution in [1.82, 2.24) is 4.90 Å². The monoisotopic (exact) mass is 225 g/mol. The van der Waals surface area contributed by atoms with Crippen LogP contribution in [0.3, 0.4) is 0 Å². The van der Waals surface area contributed by atoms with Gasteiger partial charge in [0.05, 0.1) is 13.2 Å². The molecule has 0 spiro atoms. The standard InChI is InChI=1S/C11H15NO2S/c1-3-11(13)12(6-7-14-2)9-10-5-4-8-15-10/h3-5,8H,1,6-7,9H2,2H3. The molecule has 1 heterocycles. The van der Waals surface area contributed by atoms with Crippen molar-refractivity contribution < 1.29 is 9.53 Å². The second-order valence-electron chi connectivity index (χ2n) is 3.04. The quantitative estimate of drug-likeness (QED) is 0.692. The summed E-state index contributed by atoms with van der Waals surface area (Å²) < 4.78 is 4.96. The molecule has 1 aromatic rings. The van der Waals surface area contributed by atoms with E-state index in [0.717, 1.165) is 0 Å². The van der Waals surface area contributed by atoms with Crippen LogP contribution in [0.2, 0.25) is 0 Å². The summed E-state index contributed by atoms with van der Waals surface area (Å²) in [6.45, 7) is 5.26. The number of hydrogen-bond acceptors (Lipinski definition) is 3. The highest BCUT2D eigenvalue weighted by Crippen LogP contribution is 2.11. The van der Waals surface area contributed by atoms with Gasteiger partial charge in [0.25, 0.3) is 0 Å². The molecule has 0 atom stereocenters. The van der Waals surface area contributed by atoms with Crippen molar-refractivity contribution in [2.75, 3.05) is 20.3 Å². The highest BCUT2D eigenvalue weighted by molar-refractivity contribution is 7.09. The lowest BCUT2D eigenvalue weighted by Crippen LogP contribution is -2.31. The first-order valence-electron chi connectivity index (χ1n) is 4.70. The largest absolute Gasteiger partial charge is 0.383 e. The van der Waals surface area contributed by atoms with E-state index in [2.05, 4.69) is 6.58 Å². The summed E-state index contributed by atoms with van der Waals surface area (Å²) in [5.41, 5.74) is 0. The van der Waals surface area contributed by atoms with Crippen molar-refractivity contribution in [3.63, 3.8) is 0 Å². The molecule has 0 saturated heterocycles. The number of carbonyl (C=O) groups is 1. The molecular weight excluding hydrogens is 210 g/mol. The highest BCUT2D eigenvalue weighted by Gasteiger charge is 2.10. The minimum absolute atomic E-state index is 0.0551. The van der Waals surface area contributed by atoms with Crippen LogP contribution in [-0.2, 0) is 16.1 Å². The van der Waals surface area contributed by atoms with Crippen LogP contribution in [0.5, 0.6) is 0 Å². The Bertz CT molecular complexity index is 308. The van der Waals surface area contributed by atoms with E-state index in [0.29, 0.717) is 19.7 Å². The zero-order valence-corrected chi connectivity index (χ0v) is 9.63. The molecule has 0 bridgehead atoms. The maximum atomic E-state index is 11.5. The molecule has 0 aliphatic heterocycles. The van der Waals surface area contributed by atoms with Crippen LogP contribution in [0.1, 0.15) is 4.88 Å². The zero-order chi connectivity index (χ0) is 11.1. The number of carbonyl (C=O) groups excluding carboxylic acids is 1. The van der Waals surface area contributed by atoms with E-state index >= 15 is 0 Å². The summed E-state index contributed by atoms with van der Waals surface area (Å²) in [7, 11) is 1.63. The number of hydrogen-bond donors (Lipinski definition) is 0. The predicted molar refractivity (Wildman–Crippen MR) is 61.8 cm³/mol. The van der Waals surface area contributed by atoms with E-state index in [-0.39, 0.29) is 5.91 Å². The lowest BCUT2D eigenvalue weighted by Gasteiger charge is -2.19. The van der Waals surface area contributed by atoms with E-state index in [1.165, 1.54) is 11.0 Å². The number of nitrogens with zero attached hydrogens (tertiary/aromatic N) is 1. The first-order valence-corrected chi connectivity index (χ1v) is 5.58. The number of rotatable bonds is 6. The lowest BCUT2D eigenvalue weighted by molar-refractivity contribution is -0.127. The molecule has 0 N–H and O–H groups in total. The maximum absolute atomic E-state index is 11.5. The van der Waals surface area contributed by atoms with Crippen molar-refractivity contribution in [2.45, 2.75) is 6.54 Å². The Labute approximate surface area is 94.0 Å². The average Bonchev–Trinajstić information content (AvgIpc) is 2.75. The molecule has 0 radical (unpaired) electrons. The van der Waals surface area contributed by atoms with Crippen LogP contribution in [0.25, 0.3) is 0 Å². The fourth-order valence-electron chi connectivity index (χ4n) is 1.19. The second-order valence-corrected chi connectivity index (χ2v) is 4.07. The third-order valence-corrected chi connectivity index (χ3v) is 2.84. The van der Waals surface area contributed by atoms with Crippen LogP contribution in [0.4, 0.5) is 0 Å². The molecule has 15 heavy (non-hydrogen) atoms. The van der Waals surface area contributed by atoms with Gasteiger partial charge in [-0.2, -0.15) is 0 Å². The van der Waals surface area contributed by atoms with Crippen molar-refractivity contribution >= 4 is 17.2 Å². The first-order chi connectivity index (χ1) is 7.27. The number of amides is 1. The third-order valence-electron chi connectivity index (χ3n) is 1.98. The van der Waals surface area contributed by atoms with E-state index in [1.54, 1.807) is 23.3 Å². The van der Waals surface area contributed by atoms with E-state index in [1.807, 2.05) is 17.5 Å². The minimum atomic E-state index is -0.0551. The number of ether oxygens (including phenoxy) is 1. The Balaban J connectivity index is 2.56. The van der Waals surface area contributed by atoms with Gasteiger partial charge in [0, 0.05) is 18.5 Å². The molecule has 0 aromatic carbocycles. The first kappa shape index (κ1) is 11.9. The van der Waals surface area contributed by atoms with Crippen molar-refractivity contribution in [2.24, 2.45) is 0 Å². The summed E-state index contributed by atoms with van der Waals surface area (Å²) >= 11 is 1.64. The molecule has 0 unspecified atom stereocenters. The SMILES string of the molecule is C=CC(=O)N(CCOC)Cc1cccs1. The molecule has 0 aliphatic rings. The molecule has 0 fully saturated rings. The maximum Gasteiger partial charge on any atom is 0.246 e. The Morgan fingerprint density at radius 2 is 2.53 bits per heavy atom. The molecule has 1 amide bonds. The summed E-state index contributed by atoms with van der Waals surface area (Å²) in [5, 5.41) is 2.00. The fourth-order valence-corrected chi connectivity index (χ4v) is 1.91. The number of methoxy groups -OCH3 is 1. The molecule has 0 aliphatic carbocycles. The Hall–Kier alpha value is -1.13. The van der Waals surface area contributed by atoms with Gasteiger partial charge in [0.2, 0.25) is 5.91 Å². The van der Waals surface area contributed by atoms with Crippen molar-refractivity contribution in [1.29, 1.82) is 0 Å². The summed E-state index contributed by atoms with van der Waals surface area (Å²) in [5.74, 6) is -0.0551. The van der Waals surface area contributed by atoms with Gasteiger partial charge in [-0.3, -0.25) is 4.79 Å². The summed E-state index contributed by atoms with van der Waals surface area (Å²) in [4.78, 5) is 14.4. The Kier molecular flexibility index (Phi) is 5.07. The molecule has 0 saturated carbocycles. The van der Waals surface area contributed by atoms with Gasteiger partial charge in [-0.25, -0.2) is 0 Å². The Morgan fingerprint density at radius 1 is 1.73 bits per heavy atom. The fraction of sp³-hybridized carbons (Fsp3) is 0.364. The van der Waals surface area contributed by atoms with E-state index in [9.17, 15) is 4.79 Å². The zero-order valence-electron chi connectivity index (χ0n) is 8.81.